The van der Waals surface area contributed by atoms with Crippen LogP contribution >= 0.6 is 11.3 Å². The highest BCUT2D eigenvalue weighted by Gasteiger charge is 2.28. The fourth-order valence-corrected chi connectivity index (χ4v) is 5.13. The summed E-state index contributed by atoms with van der Waals surface area (Å²) in [5.74, 6) is 0.168. The highest BCUT2D eigenvalue weighted by atomic mass is 32.2. The molecule has 1 aromatic heterocycles. The van der Waals surface area contributed by atoms with E-state index in [1.54, 1.807) is 6.92 Å². The zero-order valence-electron chi connectivity index (χ0n) is 14.7. The van der Waals surface area contributed by atoms with Gasteiger partial charge in [-0.05, 0) is 19.8 Å². The fourth-order valence-electron chi connectivity index (χ4n) is 2.96. The number of carbonyl (C=O) groups is 1. The highest BCUT2D eigenvalue weighted by molar-refractivity contribution is 7.89. The van der Waals surface area contributed by atoms with Gasteiger partial charge in [-0.15, -0.1) is 11.3 Å². The Bertz CT molecular complexity index is 664. The third-order valence-corrected chi connectivity index (χ3v) is 7.16. The minimum Gasteiger partial charge on any atom is -0.302 e. The van der Waals surface area contributed by atoms with E-state index in [1.807, 2.05) is 0 Å². The second-order valence-corrected chi connectivity index (χ2v) is 9.48. The molecule has 0 aromatic carbocycles. The molecule has 2 heterocycles. The van der Waals surface area contributed by atoms with Gasteiger partial charge in [0.1, 0.15) is 0 Å². The number of thiazole rings is 1. The molecule has 2 rings (SSSR count). The van der Waals surface area contributed by atoms with Gasteiger partial charge in [0.25, 0.3) is 0 Å². The van der Waals surface area contributed by atoms with Crippen LogP contribution in [0.2, 0.25) is 0 Å². The van der Waals surface area contributed by atoms with E-state index in [0.29, 0.717) is 24.6 Å². The van der Waals surface area contributed by atoms with Crippen molar-refractivity contribution in [2.75, 3.05) is 17.6 Å². The molecular formula is C16H27N3O3S2. The predicted molar refractivity (Wildman–Crippen MR) is 97.6 cm³/mol. The molecular weight excluding hydrogens is 346 g/mol. The van der Waals surface area contributed by atoms with Gasteiger partial charge in [-0.1, -0.05) is 26.7 Å². The lowest BCUT2D eigenvalue weighted by molar-refractivity contribution is -0.120. The lowest BCUT2D eigenvalue weighted by Gasteiger charge is -2.24. The Kier molecular flexibility index (Phi) is 6.77. The van der Waals surface area contributed by atoms with E-state index >= 15 is 0 Å². The molecule has 0 radical (unpaired) electrons. The van der Waals surface area contributed by atoms with Gasteiger partial charge in [-0.25, -0.2) is 13.4 Å². The molecule has 24 heavy (non-hydrogen) atoms. The summed E-state index contributed by atoms with van der Waals surface area (Å²) in [7, 11) is -3.18. The van der Waals surface area contributed by atoms with Gasteiger partial charge in [0.2, 0.25) is 15.9 Å². The van der Waals surface area contributed by atoms with E-state index in [2.05, 4.69) is 24.1 Å². The van der Waals surface area contributed by atoms with E-state index in [-0.39, 0.29) is 17.6 Å². The van der Waals surface area contributed by atoms with Crippen molar-refractivity contribution in [1.29, 1.82) is 0 Å². The Labute approximate surface area is 148 Å². The van der Waals surface area contributed by atoms with Crippen molar-refractivity contribution in [2.45, 2.75) is 59.4 Å². The lowest BCUT2D eigenvalue weighted by atomic mass is 9.97. The van der Waals surface area contributed by atoms with Crippen molar-refractivity contribution in [3.63, 3.8) is 0 Å². The molecule has 6 nitrogen and oxygen atoms in total. The molecule has 0 bridgehead atoms. The van der Waals surface area contributed by atoms with Gasteiger partial charge in [0.05, 0.1) is 11.4 Å². The largest absolute Gasteiger partial charge is 0.302 e. The molecule has 136 valence electrons. The quantitative estimate of drug-likeness (QED) is 0.760. The molecule has 0 unspecified atom stereocenters. The molecule has 0 saturated carbocycles. The number of aromatic nitrogens is 1. The van der Waals surface area contributed by atoms with Crippen LogP contribution in [-0.2, 0) is 27.8 Å². The maximum Gasteiger partial charge on any atom is 0.229 e. The molecule has 0 spiro atoms. The number of hydrogen-bond acceptors (Lipinski definition) is 5. The average Bonchev–Trinajstić information content (AvgIpc) is 2.95. The topological polar surface area (TPSA) is 79.4 Å². The highest BCUT2D eigenvalue weighted by Crippen LogP contribution is 2.30. The van der Waals surface area contributed by atoms with Crippen molar-refractivity contribution in [2.24, 2.45) is 5.92 Å². The Balaban J connectivity index is 2.07. The van der Waals surface area contributed by atoms with Crippen LogP contribution in [0.15, 0.2) is 0 Å². The Hall–Kier alpha value is -0.990. The summed E-state index contributed by atoms with van der Waals surface area (Å²) in [6, 6.07) is 0. The van der Waals surface area contributed by atoms with Gasteiger partial charge >= 0.3 is 0 Å². The van der Waals surface area contributed by atoms with Gasteiger partial charge in [-0.2, -0.15) is 4.31 Å². The van der Waals surface area contributed by atoms with Crippen molar-refractivity contribution in [1.82, 2.24) is 9.29 Å². The lowest BCUT2D eigenvalue weighted by Crippen LogP contribution is -2.36. The minimum absolute atomic E-state index is 0.0258. The normalized spacial score (nSPS) is 15.5. The number of rotatable bonds is 8. The van der Waals surface area contributed by atoms with Gasteiger partial charge in [-0.3, -0.25) is 4.79 Å². The number of carbonyl (C=O) groups excluding carboxylic acids is 1. The van der Waals surface area contributed by atoms with E-state index < -0.39 is 10.0 Å². The molecule has 0 saturated heterocycles. The maximum atomic E-state index is 12.4. The number of nitrogens with one attached hydrogen (secondary N) is 1. The van der Waals surface area contributed by atoms with E-state index in [0.717, 1.165) is 36.3 Å². The number of hydrogen-bond donors (Lipinski definition) is 1. The van der Waals surface area contributed by atoms with Crippen LogP contribution in [0.25, 0.3) is 0 Å². The van der Waals surface area contributed by atoms with E-state index in [4.69, 9.17) is 0 Å². The van der Waals surface area contributed by atoms with Crippen LogP contribution in [0.1, 0.15) is 57.0 Å². The second-order valence-electron chi connectivity index (χ2n) is 6.14. The van der Waals surface area contributed by atoms with Crippen molar-refractivity contribution >= 4 is 32.4 Å². The average molecular weight is 374 g/mol. The van der Waals surface area contributed by atoms with Crippen LogP contribution < -0.4 is 5.32 Å². The van der Waals surface area contributed by atoms with Gasteiger partial charge in [0.15, 0.2) is 5.13 Å². The van der Waals surface area contributed by atoms with Crippen LogP contribution in [0.5, 0.6) is 0 Å². The molecule has 1 amide bonds. The summed E-state index contributed by atoms with van der Waals surface area (Å²) in [5.41, 5.74) is 0.917. The molecule has 1 N–H and O–H groups in total. The van der Waals surface area contributed by atoms with Crippen LogP contribution in [0, 0.1) is 5.92 Å². The van der Waals surface area contributed by atoms with Crippen molar-refractivity contribution in [3.05, 3.63) is 10.6 Å². The zero-order chi connectivity index (χ0) is 17.7. The van der Waals surface area contributed by atoms with Gasteiger partial charge < -0.3 is 5.32 Å². The standard InChI is InChI=1S/C16H27N3O3S2/c1-4-7-12(8-5-2)15(20)18-16-17-13-9-10-19(11-14(13)23-16)24(21,22)6-3/h12H,4-11H2,1-3H3,(H,17,18,20). The first kappa shape index (κ1) is 19.3. The molecule has 1 aliphatic heterocycles. The van der Waals surface area contributed by atoms with Crippen LogP contribution in [0.4, 0.5) is 5.13 Å². The number of amides is 1. The summed E-state index contributed by atoms with van der Waals surface area (Å²) >= 11 is 1.40. The van der Waals surface area contributed by atoms with Gasteiger partial charge in [0, 0.05) is 30.3 Å². The Morgan fingerprint density at radius 3 is 2.54 bits per heavy atom. The first-order valence-electron chi connectivity index (χ1n) is 8.68. The summed E-state index contributed by atoms with van der Waals surface area (Å²) in [6.07, 6.45) is 4.33. The molecule has 1 aliphatic rings. The SMILES string of the molecule is CCCC(CCC)C(=O)Nc1nc2c(s1)CN(S(=O)(=O)CC)CC2. The Morgan fingerprint density at radius 2 is 1.96 bits per heavy atom. The maximum absolute atomic E-state index is 12.4. The number of sulfonamides is 1. The number of nitrogens with zero attached hydrogens (tertiary/aromatic N) is 2. The summed E-state index contributed by atoms with van der Waals surface area (Å²) in [6.45, 7) is 6.66. The first-order valence-corrected chi connectivity index (χ1v) is 11.1. The van der Waals surface area contributed by atoms with E-state index in [1.165, 1.54) is 15.6 Å². The summed E-state index contributed by atoms with van der Waals surface area (Å²) in [5, 5.41) is 3.53. The molecule has 1 aromatic rings. The third kappa shape index (κ3) is 4.55. The predicted octanol–water partition coefficient (Wildman–Crippen LogP) is 3.01. The fraction of sp³-hybridized carbons (Fsp3) is 0.750. The first-order chi connectivity index (χ1) is 11.4. The van der Waals surface area contributed by atoms with E-state index in [9.17, 15) is 13.2 Å². The smallest absolute Gasteiger partial charge is 0.229 e. The molecule has 8 heteroatoms. The monoisotopic (exact) mass is 373 g/mol. The summed E-state index contributed by atoms with van der Waals surface area (Å²) < 4.78 is 25.6. The number of fused-ring (bicyclic) bond motifs is 1. The third-order valence-electron chi connectivity index (χ3n) is 4.33. The minimum atomic E-state index is -3.18. The van der Waals surface area contributed by atoms with Crippen LogP contribution in [0.3, 0.4) is 0 Å². The Morgan fingerprint density at radius 1 is 1.29 bits per heavy atom. The van der Waals surface area contributed by atoms with Crippen molar-refractivity contribution < 1.29 is 13.2 Å². The molecule has 0 aliphatic carbocycles. The summed E-state index contributed by atoms with van der Waals surface area (Å²) in [4.78, 5) is 17.9. The zero-order valence-corrected chi connectivity index (χ0v) is 16.3. The molecule has 0 atom stereocenters. The second kappa shape index (κ2) is 8.40. The van der Waals surface area contributed by atoms with Crippen molar-refractivity contribution in [3.8, 4) is 0 Å². The number of anilines is 1. The molecule has 0 fully saturated rings. The van der Waals surface area contributed by atoms with Crippen LogP contribution in [-0.4, -0.2) is 35.9 Å².